The van der Waals surface area contributed by atoms with Gasteiger partial charge in [0.2, 0.25) is 0 Å². The molecule has 0 saturated carbocycles. The molecule has 0 saturated heterocycles. The Labute approximate surface area is 146 Å². The minimum Gasteiger partial charge on any atom is -0.484 e. The fourth-order valence-corrected chi connectivity index (χ4v) is 2.82. The third-order valence-corrected chi connectivity index (χ3v) is 4.28. The molecule has 7 nitrogen and oxygen atoms in total. The van der Waals surface area contributed by atoms with Gasteiger partial charge >= 0.3 is 0 Å². The van der Waals surface area contributed by atoms with Gasteiger partial charge in [0.25, 0.3) is 5.91 Å². The molecule has 1 aromatic heterocycles. The van der Waals surface area contributed by atoms with Crippen LogP contribution in [-0.2, 0) is 17.9 Å². The molecule has 25 heavy (non-hydrogen) atoms. The largest absolute Gasteiger partial charge is 0.484 e. The first kappa shape index (κ1) is 17.4. The van der Waals surface area contributed by atoms with Crippen LogP contribution in [0.15, 0.2) is 30.3 Å². The first-order chi connectivity index (χ1) is 12.1. The maximum absolute atomic E-state index is 12.5. The number of carbonyl (C=O) groups is 1. The van der Waals surface area contributed by atoms with Crippen LogP contribution in [0.25, 0.3) is 0 Å². The van der Waals surface area contributed by atoms with Crippen molar-refractivity contribution >= 4 is 5.91 Å². The smallest absolute Gasteiger partial charge is 0.260 e. The van der Waals surface area contributed by atoms with Crippen LogP contribution >= 0.6 is 0 Å². The highest BCUT2D eigenvalue weighted by Gasteiger charge is 2.22. The molecule has 1 aliphatic heterocycles. The standard InChI is InChI=1S/C18H23N3O4/c1-13-3-5-15(6-4-13)25-12-18(24)20-7-2-8-21-14(10-20)9-16(19-21)17(23)11-22/h3-6,9,17,22-23H,2,7-8,10-12H2,1H3. The predicted octanol–water partition coefficient (Wildman–Crippen LogP) is 1.03. The van der Waals surface area contributed by atoms with Gasteiger partial charge in [-0.1, -0.05) is 17.7 Å². The molecule has 0 radical (unpaired) electrons. The van der Waals surface area contributed by atoms with Crippen LogP contribution < -0.4 is 4.74 Å². The van der Waals surface area contributed by atoms with E-state index in [1.165, 1.54) is 0 Å². The van der Waals surface area contributed by atoms with Crippen molar-refractivity contribution in [2.45, 2.75) is 32.5 Å². The van der Waals surface area contributed by atoms with E-state index in [-0.39, 0.29) is 19.1 Å². The van der Waals surface area contributed by atoms with E-state index in [1.54, 1.807) is 15.6 Å². The molecule has 1 aromatic carbocycles. The maximum atomic E-state index is 12.5. The Morgan fingerprint density at radius 3 is 2.80 bits per heavy atom. The zero-order valence-electron chi connectivity index (χ0n) is 14.3. The quantitative estimate of drug-likeness (QED) is 0.845. The van der Waals surface area contributed by atoms with Crippen molar-refractivity contribution in [3.63, 3.8) is 0 Å². The van der Waals surface area contributed by atoms with Crippen LogP contribution in [0.1, 0.15) is 29.5 Å². The highest BCUT2D eigenvalue weighted by molar-refractivity contribution is 5.77. The van der Waals surface area contributed by atoms with Crippen molar-refractivity contribution in [2.75, 3.05) is 19.8 Å². The molecule has 2 heterocycles. The van der Waals surface area contributed by atoms with Gasteiger partial charge in [-0.2, -0.15) is 5.10 Å². The molecule has 1 amide bonds. The first-order valence-corrected chi connectivity index (χ1v) is 8.39. The summed E-state index contributed by atoms with van der Waals surface area (Å²) in [4.78, 5) is 14.2. The molecule has 0 bridgehead atoms. The number of benzene rings is 1. The van der Waals surface area contributed by atoms with Crippen LogP contribution in [0.4, 0.5) is 0 Å². The van der Waals surface area contributed by atoms with Crippen LogP contribution in [0.2, 0.25) is 0 Å². The summed E-state index contributed by atoms with van der Waals surface area (Å²) in [5.41, 5.74) is 2.42. The summed E-state index contributed by atoms with van der Waals surface area (Å²) in [5.74, 6) is 0.589. The van der Waals surface area contributed by atoms with Crippen molar-refractivity contribution in [1.29, 1.82) is 0 Å². The zero-order chi connectivity index (χ0) is 17.8. The number of aromatic nitrogens is 2. The van der Waals surface area contributed by atoms with Crippen LogP contribution in [0.3, 0.4) is 0 Å². The molecule has 0 spiro atoms. The molecule has 2 aromatic rings. The number of nitrogens with zero attached hydrogens (tertiary/aromatic N) is 3. The summed E-state index contributed by atoms with van der Waals surface area (Å²) in [6.45, 7) is 3.35. The first-order valence-electron chi connectivity index (χ1n) is 8.39. The Bertz CT molecular complexity index is 726. The normalized spacial score (nSPS) is 15.4. The van der Waals surface area contributed by atoms with Gasteiger partial charge in [0.05, 0.1) is 24.5 Å². The maximum Gasteiger partial charge on any atom is 0.260 e. The van der Waals surface area contributed by atoms with Gasteiger partial charge < -0.3 is 19.8 Å². The molecule has 1 unspecified atom stereocenters. The van der Waals surface area contributed by atoms with E-state index in [0.29, 0.717) is 31.1 Å². The third kappa shape index (κ3) is 4.18. The molecule has 134 valence electrons. The highest BCUT2D eigenvalue weighted by Crippen LogP contribution is 2.18. The lowest BCUT2D eigenvalue weighted by Gasteiger charge is -2.20. The monoisotopic (exact) mass is 345 g/mol. The van der Waals surface area contributed by atoms with Gasteiger partial charge in [0.15, 0.2) is 6.61 Å². The fourth-order valence-electron chi connectivity index (χ4n) is 2.82. The average molecular weight is 345 g/mol. The highest BCUT2D eigenvalue weighted by atomic mass is 16.5. The molecule has 2 N–H and O–H groups in total. The number of hydrogen-bond donors (Lipinski definition) is 2. The molecular formula is C18H23N3O4. The van der Waals surface area contributed by atoms with Gasteiger partial charge in [0.1, 0.15) is 11.9 Å². The summed E-state index contributed by atoms with van der Waals surface area (Å²) < 4.78 is 7.37. The molecule has 3 rings (SSSR count). The minimum atomic E-state index is -0.992. The van der Waals surface area contributed by atoms with Crippen molar-refractivity contribution in [3.8, 4) is 5.75 Å². The third-order valence-electron chi connectivity index (χ3n) is 4.28. The van der Waals surface area contributed by atoms with E-state index in [9.17, 15) is 9.90 Å². The Morgan fingerprint density at radius 2 is 2.08 bits per heavy atom. The van der Waals surface area contributed by atoms with E-state index < -0.39 is 6.10 Å². The van der Waals surface area contributed by atoms with Gasteiger partial charge in [-0.05, 0) is 31.5 Å². The minimum absolute atomic E-state index is 0.0106. The number of aliphatic hydroxyl groups is 2. The fraction of sp³-hybridized carbons (Fsp3) is 0.444. The van der Waals surface area contributed by atoms with Gasteiger partial charge in [0, 0.05) is 13.1 Å². The number of carbonyl (C=O) groups excluding carboxylic acids is 1. The van der Waals surface area contributed by atoms with Crippen molar-refractivity contribution in [3.05, 3.63) is 47.3 Å². The summed E-state index contributed by atoms with van der Waals surface area (Å²) in [6.07, 6.45) is -0.215. The lowest BCUT2D eigenvalue weighted by molar-refractivity contribution is -0.134. The predicted molar refractivity (Wildman–Crippen MR) is 91.0 cm³/mol. The van der Waals surface area contributed by atoms with E-state index in [2.05, 4.69) is 5.10 Å². The Hall–Kier alpha value is -2.38. The number of aryl methyl sites for hydroxylation is 2. The summed E-state index contributed by atoms with van der Waals surface area (Å²) in [6, 6.07) is 9.33. The number of ether oxygens (including phenoxy) is 1. The van der Waals surface area contributed by atoms with Gasteiger partial charge in [-0.3, -0.25) is 9.48 Å². The van der Waals surface area contributed by atoms with E-state index >= 15 is 0 Å². The Morgan fingerprint density at radius 1 is 1.32 bits per heavy atom. The van der Waals surface area contributed by atoms with E-state index in [1.807, 2.05) is 31.2 Å². The van der Waals surface area contributed by atoms with E-state index in [4.69, 9.17) is 9.84 Å². The van der Waals surface area contributed by atoms with Crippen LogP contribution in [0.5, 0.6) is 5.75 Å². The lowest BCUT2D eigenvalue weighted by Crippen LogP contribution is -2.34. The summed E-state index contributed by atoms with van der Waals surface area (Å²) >= 11 is 0. The van der Waals surface area contributed by atoms with Crippen LogP contribution in [-0.4, -0.2) is 50.6 Å². The number of hydrogen-bond acceptors (Lipinski definition) is 5. The number of rotatable bonds is 5. The Kier molecular flexibility index (Phi) is 5.35. The second-order valence-corrected chi connectivity index (χ2v) is 6.25. The van der Waals surface area contributed by atoms with Gasteiger partial charge in [-0.25, -0.2) is 0 Å². The number of aliphatic hydroxyl groups excluding tert-OH is 2. The zero-order valence-corrected chi connectivity index (χ0v) is 14.3. The number of fused-ring (bicyclic) bond motifs is 1. The van der Waals surface area contributed by atoms with Crippen molar-refractivity contribution in [2.24, 2.45) is 0 Å². The SMILES string of the molecule is Cc1ccc(OCC(=O)N2CCCn3nc(C(O)CO)cc3C2)cc1. The summed E-state index contributed by atoms with van der Waals surface area (Å²) in [7, 11) is 0. The molecule has 1 atom stereocenters. The van der Waals surface area contributed by atoms with E-state index in [0.717, 1.165) is 17.7 Å². The number of amides is 1. The van der Waals surface area contributed by atoms with Crippen LogP contribution in [0, 0.1) is 6.92 Å². The summed E-state index contributed by atoms with van der Waals surface area (Å²) in [5, 5.41) is 23.1. The molecule has 7 heteroatoms. The second-order valence-electron chi connectivity index (χ2n) is 6.25. The molecular weight excluding hydrogens is 322 g/mol. The molecule has 0 aliphatic carbocycles. The molecule has 1 aliphatic rings. The van der Waals surface area contributed by atoms with Crippen molar-refractivity contribution in [1.82, 2.24) is 14.7 Å². The van der Waals surface area contributed by atoms with Gasteiger partial charge in [-0.15, -0.1) is 0 Å². The average Bonchev–Trinajstić information content (AvgIpc) is 2.92. The second kappa shape index (κ2) is 7.67. The topological polar surface area (TPSA) is 87.8 Å². The lowest BCUT2D eigenvalue weighted by atomic mass is 10.2. The molecule has 0 fully saturated rings. The van der Waals surface area contributed by atoms with Crippen molar-refractivity contribution < 1.29 is 19.7 Å². The Balaban J connectivity index is 1.63.